The fraction of sp³-hybridized carbons (Fsp3) is 0.923. The summed E-state index contributed by atoms with van der Waals surface area (Å²) in [6, 6.07) is 2.99. The molecule has 2 atom stereocenters. The molecule has 1 N–H and O–H groups in total. The maximum Gasteiger partial charge on any atom is 0.0864 e. The molecule has 0 aromatic heterocycles. The lowest BCUT2D eigenvalue weighted by molar-refractivity contribution is 0.237. The van der Waals surface area contributed by atoms with Crippen LogP contribution < -0.4 is 0 Å². The topological polar surface area (TPSA) is 42.7 Å². The van der Waals surface area contributed by atoms with Crippen LogP contribution >= 0.6 is 12.4 Å². The molecule has 0 spiro atoms. The van der Waals surface area contributed by atoms with E-state index in [2.05, 4.69) is 55.9 Å². The summed E-state index contributed by atoms with van der Waals surface area (Å²) in [7, 11) is 8.47. The van der Waals surface area contributed by atoms with E-state index in [0.717, 1.165) is 19.4 Å². The molecule has 108 valence electrons. The Balaban J connectivity index is 0. The molecule has 0 aliphatic carbocycles. The van der Waals surface area contributed by atoms with E-state index in [0.29, 0.717) is 6.04 Å². The molecule has 0 fully saturated rings. The summed E-state index contributed by atoms with van der Waals surface area (Å²) < 4.78 is 0. The van der Waals surface area contributed by atoms with Gasteiger partial charge in [-0.2, -0.15) is 0 Å². The second-order valence-corrected chi connectivity index (χ2v) is 5.10. The number of halogens is 1. The Morgan fingerprint density at radius 2 is 1.83 bits per heavy atom. The Kier molecular flexibility index (Phi) is 12.9. The molecular weight excluding hydrogens is 248 g/mol. The highest BCUT2D eigenvalue weighted by Gasteiger charge is 2.16. The van der Waals surface area contributed by atoms with E-state index in [1.54, 1.807) is 0 Å². The average Bonchev–Trinajstić information content (AvgIpc) is 2.25. The third-order valence-electron chi connectivity index (χ3n) is 3.14. The van der Waals surface area contributed by atoms with Gasteiger partial charge in [-0.05, 0) is 60.4 Å². The van der Waals surface area contributed by atoms with E-state index in [4.69, 9.17) is 5.41 Å². The summed E-state index contributed by atoms with van der Waals surface area (Å²) in [4.78, 5) is 8.59. The molecule has 0 aliphatic rings. The number of hydrogen-bond donors (Lipinski definition) is 1. The molecule has 0 saturated heterocycles. The minimum Gasteiger partial charge on any atom is -0.309 e. The van der Waals surface area contributed by atoms with Crippen molar-refractivity contribution in [2.75, 3.05) is 34.7 Å². The van der Waals surface area contributed by atoms with E-state index in [1.807, 2.05) is 0 Å². The Labute approximate surface area is 118 Å². The SMILES string of the molecule is CCC(CC(CCCN(C)C)N(C)C)N=C=N.Cl. The van der Waals surface area contributed by atoms with Crippen molar-refractivity contribution in [1.29, 1.82) is 5.41 Å². The van der Waals surface area contributed by atoms with Gasteiger partial charge in [-0.15, -0.1) is 12.4 Å². The lowest BCUT2D eigenvalue weighted by Crippen LogP contribution is -2.32. The van der Waals surface area contributed by atoms with Gasteiger partial charge in [-0.1, -0.05) is 6.92 Å². The van der Waals surface area contributed by atoms with Crippen LogP contribution in [0.5, 0.6) is 0 Å². The first kappa shape index (κ1) is 19.9. The monoisotopic (exact) mass is 276 g/mol. The van der Waals surface area contributed by atoms with Crippen LogP contribution in [0, 0.1) is 5.41 Å². The smallest absolute Gasteiger partial charge is 0.0864 e. The molecule has 0 aromatic carbocycles. The van der Waals surface area contributed by atoms with Gasteiger partial charge in [0.2, 0.25) is 0 Å². The Bertz CT molecular complexity index is 237. The van der Waals surface area contributed by atoms with E-state index >= 15 is 0 Å². The van der Waals surface area contributed by atoms with Crippen LogP contribution in [0.1, 0.15) is 32.6 Å². The van der Waals surface area contributed by atoms with Gasteiger partial charge in [0.15, 0.2) is 0 Å². The van der Waals surface area contributed by atoms with Crippen LogP contribution in [0.25, 0.3) is 0 Å². The van der Waals surface area contributed by atoms with Gasteiger partial charge >= 0.3 is 0 Å². The molecule has 0 aliphatic heterocycles. The second kappa shape index (κ2) is 11.7. The minimum absolute atomic E-state index is 0. The van der Waals surface area contributed by atoms with Crippen LogP contribution in [-0.2, 0) is 0 Å². The highest BCUT2D eigenvalue weighted by molar-refractivity contribution is 5.85. The van der Waals surface area contributed by atoms with Crippen molar-refractivity contribution in [3.05, 3.63) is 0 Å². The highest BCUT2D eigenvalue weighted by Crippen LogP contribution is 2.14. The quantitative estimate of drug-likeness (QED) is 0.658. The van der Waals surface area contributed by atoms with Crippen molar-refractivity contribution in [2.45, 2.75) is 44.7 Å². The molecule has 18 heavy (non-hydrogen) atoms. The minimum atomic E-state index is 0. The zero-order valence-corrected chi connectivity index (χ0v) is 13.3. The van der Waals surface area contributed by atoms with E-state index in [9.17, 15) is 0 Å². The van der Waals surface area contributed by atoms with E-state index in [-0.39, 0.29) is 18.4 Å². The van der Waals surface area contributed by atoms with Crippen LogP contribution in [0.2, 0.25) is 0 Å². The third-order valence-corrected chi connectivity index (χ3v) is 3.14. The molecule has 5 heteroatoms. The summed E-state index contributed by atoms with van der Waals surface area (Å²) in [5, 5.41) is 6.95. The lowest BCUT2D eigenvalue weighted by atomic mass is 10.00. The molecule has 0 heterocycles. The fourth-order valence-corrected chi connectivity index (χ4v) is 1.95. The van der Waals surface area contributed by atoms with Gasteiger partial charge in [0.1, 0.15) is 0 Å². The number of rotatable bonds is 9. The van der Waals surface area contributed by atoms with Gasteiger partial charge in [-0.25, -0.2) is 10.4 Å². The van der Waals surface area contributed by atoms with Gasteiger partial charge < -0.3 is 9.80 Å². The molecule has 0 radical (unpaired) electrons. The number of nitrogens with zero attached hydrogens (tertiary/aromatic N) is 3. The maximum absolute atomic E-state index is 6.95. The Hall–Kier alpha value is -0.410. The Morgan fingerprint density at radius 1 is 1.22 bits per heavy atom. The van der Waals surface area contributed by atoms with Gasteiger partial charge in [0.25, 0.3) is 0 Å². The molecule has 2 unspecified atom stereocenters. The van der Waals surface area contributed by atoms with E-state index < -0.39 is 0 Å². The number of aliphatic imine (C=N–C) groups is 1. The Morgan fingerprint density at radius 3 is 2.22 bits per heavy atom. The zero-order chi connectivity index (χ0) is 13.3. The molecule has 0 aromatic rings. The van der Waals surface area contributed by atoms with Crippen LogP contribution in [0.15, 0.2) is 4.99 Å². The molecule has 0 bridgehead atoms. The van der Waals surface area contributed by atoms with Gasteiger partial charge in [-0.3, -0.25) is 0 Å². The van der Waals surface area contributed by atoms with Gasteiger partial charge in [0, 0.05) is 6.04 Å². The van der Waals surface area contributed by atoms with E-state index in [1.165, 1.54) is 12.8 Å². The lowest BCUT2D eigenvalue weighted by Gasteiger charge is -2.27. The normalized spacial score (nSPS) is 13.9. The summed E-state index contributed by atoms with van der Waals surface area (Å²) in [5.74, 6) is 0. The molecule has 0 rings (SSSR count). The predicted octanol–water partition coefficient (Wildman–Crippen LogP) is 2.60. The largest absolute Gasteiger partial charge is 0.309 e. The summed E-state index contributed by atoms with van der Waals surface area (Å²) >= 11 is 0. The molecule has 4 nitrogen and oxygen atoms in total. The van der Waals surface area contributed by atoms with Crippen LogP contribution in [0.4, 0.5) is 0 Å². The third kappa shape index (κ3) is 9.60. The first-order chi connectivity index (χ1) is 8.01. The first-order valence-electron chi connectivity index (χ1n) is 6.44. The van der Waals surface area contributed by atoms with Crippen LogP contribution in [0.3, 0.4) is 0 Å². The summed E-state index contributed by atoms with van der Waals surface area (Å²) in [5.41, 5.74) is 0. The zero-order valence-electron chi connectivity index (χ0n) is 12.4. The van der Waals surface area contributed by atoms with Gasteiger partial charge in [0.05, 0.1) is 12.1 Å². The maximum atomic E-state index is 6.95. The van der Waals surface area contributed by atoms with Crippen molar-refractivity contribution >= 4 is 18.4 Å². The summed E-state index contributed by atoms with van der Waals surface area (Å²) in [6.45, 7) is 3.26. The first-order valence-corrected chi connectivity index (χ1v) is 6.44. The standard InChI is InChI=1S/C13H28N4.ClH/c1-6-12(15-11-14)10-13(17(4)5)8-7-9-16(2)3;/h12-14H,6-10H2,1-5H3;1H. The summed E-state index contributed by atoms with van der Waals surface area (Å²) in [6.07, 6.45) is 4.42. The highest BCUT2D eigenvalue weighted by atomic mass is 35.5. The predicted molar refractivity (Wildman–Crippen MR) is 81.4 cm³/mol. The number of nitrogens with one attached hydrogen (secondary N) is 1. The average molecular weight is 277 g/mol. The van der Waals surface area contributed by atoms with Crippen molar-refractivity contribution in [2.24, 2.45) is 4.99 Å². The van der Waals surface area contributed by atoms with Crippen molar-refractivity contribution in [3.8, 4) is 0 Å². The second-order valence-electron chi connectivity index (χ2n) is 5.10. The molecular formula is C13H29ClN4. The van der Waals surface area contributed by atoms with Crippen molar-refractivity contribution in [1.82, 2.24) is 9.80 Å². The molecule has 0 amide bonds. The van der Waals surface area contributed by atoms with Crippen LogP contribution in [-0.4, -0.2) is 62.6 Å². The van der Waals surface area contributed by atoms with Crippen molar-refractivity contribution in [3.63, 3.8) is 0 Å². The fourth-order valence-electron chi connectivity index (χ4n) is 1.95. The molecule has 0 saturated carbocycles. The van der Waals surface area contributed by atoms with Crippen molar-refractivity contribution < 1.29 is 0 Å². The number of hydrogen-bond acceptors (Lipinski definition) is 4.